The largest absolute Gasteiger partial charge is 0.467 e. The Morgan fingerprint density at radius 2 is 1.82 bits per heavy atom. The van der Waals surface area contributed by atoms with Gasteiger partial charge in [-0.2, -0.15) is 0 Å². The van der Waals surface area contributed by atoms with Crippen LogP contribution in [0.15, 0.2) is 71.3 Å². The summed E-state index contributed by atoms with van der Waals surface area (Å²) in [5, 5.41) is 1.12. The molecule has 4 aromatic rings. The van der Waals surface area contributed by atoms with Gasteiger partial charge in [0.1, 0.15) is 18.3 Å². The van der Waals surface area contributed by atoms with Gasteiger partial charge in [0.05, 0.1) is 18.8 Å². The van der Waals surface area contributed by atoms with Crippen LogP contribution in [0.1, 0.15) is 54.0 Å². The number of rotatable bonds is 4. The minimum Gasteiger partial charge on any atom is -0.467 e. The van der Waals surface area contributed by atoms with Gasteiger partial charge < -0.3 is 19.2 Å². The fourth-order valence-electron chi connectivity index (χ4n) is 5.46. The summed E-state index contributed by atoms with van der Waals surface area (Å²) < 4.78 is 5.45. The van der Waals surface area contributed by atoms with Gasteiger partial charge in [0.2, 0.25) is 11.8 Å². The first-order valence-corrected chi connectivity index (χ1v) is 11.8. The molecule has 0 saturated carbocycles. The van der Waals surface area contributed by atoms with Crippen LogP contribution >= 0.6 is 0 Å². The molecule has 1 fully saturated rings. The fraction of sp³-hybridized carbons (Fsp3) is 0.286. The number of piperazine rings is 1. The molecule has 2 aliphatic heterocycles. The lowest BCUT2D eigenvalue weighted by Gasteiger charge is -2.47. The van der Waals surface area contributed by atoms with Crippen LogP contribution in [0.25, 0.3) is 10.9 Å². The van der Waals surface area contributed by atoms with Gasteiger partial charge in [-0.1, -0.05) is 56.3 Å². The van der Waals surface area contributed by atoms with Crippen molar-refractivity contribution < 1.29 is 14.0 Å². The third-order valence-electron chi connectivity index (χ3n) is 7.19. The predicted octanol–water partition coefficient (Wildman–Crippen LogP) is 4.77. The Kier molecular flexibility index (Phi) is 4.83. The maximum atomic E-state index is 13.7. The van der Waals surface area contributed by atoms with Crippen LogP contribution in [0.3, 0.4) is 0 Å². The van der Waals surface area contributed by atoms with E-state index in [1.807, 2.05) is 23.1 Å². The topological polar surface area (TPSA) is 69.5 Å². The van der Waals surface area contributed by atoms with Crippen molar-refractivity contribution in [2.45, 2.75) is 44.8 Å². The molecule has 2 amide bonds. The van der Waals surface area contributed by atoms with Crippen molar-refractivity contribution in [2.24, 2.45) is 0 Å². The van der Waals surface area contributed by atoms with Crippen molar-refractivity contribution in [3.8, 4) is 0 Å². The number of para-hydroxylation sites is 1. The molecular formula is C28H27N3O3. The number of carbonyl (C=O) groups is 2. The number of benzene rings is 2. The van der Waals surface area contributed by atoms with Gasteiger partial charge in [0.25, 0.3) is 0 Å². The molecule has 172 valence electrons. The molecule has 6 rings (SSSR count). The molecule has 2 atom stereocenters. The highest BCUT2D eigenvalue weighted by Gasteiger charge is 2.48. The molecule has 0 spiro atoms. The Balaban J connectivity index is 1.46. The van der Waals surface area contributed by atoms with Crippen LogP contribution in [0.5, 0.6) is 0 Å². The fourth-order valence-corrected chi connectivity index (χ4v) is 5.46. The number of nitrogens with zero attached hydrogens (tertiary/aromatic N) is 2. The highest BCUT2D eigenvalue weighted by Crippen LogP contribution is 2.42. The lowest BCUT2D eigenvalue weighted by Crippen LogP contribution is -2.62. The molecule has 0 bridgehead atoms. The molecule has 1 N–H and O–H groups in total. The molecule has 2 aromatic carbocycles. The van der Waals surface area contributed by atoms with Gasteiger partial charge in [-0.05, 0) is 40.8 Å². The third-order valence-corrected chi connectivity index (χ3v) is 7.19. The van der Waals surface area contributed by atoms with Gasteiger partial charge in [0, 0.05) is 23.0 Å². The first-order chi connectivity index (χ1) is 16.5. The van der Waals surface area contributed by atoms with Crippen molar-refractivity contribution in [1.29, 1.82) is 0 Å². The molecule has 0 aliphatic carbocycles. The van der Waals surface area contributed by atoms with Crippen molar-refractivity contribution in [2.75, 3.05) is 6.54 Å². The van der Waals surface area contributed by atoms with E-state index in [2.05, 4.69) is 55.2 Å². The zero-order valence-electron chi connectivity index (χ0n) is 19.3. The number of hydrogen-bond donors (Lipinski definition) is 1. The van der Waals surface area contributed by atoms with E-state index in [1.165, 1.54) is 5.56 Å². The van der Waals surface area contributed by atoms with Gasteiger partial charge >= 0.3 is 0 Å². The van der Waals surface area contributed by atoms with E-state index >= 15 is 0 Å². The van der Waals surface area contributed by atoms with E-state index in [0.717, 1.165) is 27.7 Å². The van der Waals surface area contributed by atoms with Crippen molar-refractivity contribution in [1.82, 2.24) is 14.8 Å². The molecular weight excluding hydrogens is 426 g/mol. The summed E-state index contributed by atoms with van der Waals surface area (Å²) in [7, 11) is 0. The zero-order chi connectivity index (χ0) is 23.4. The van der Waals surface area contributed by atoms with E-state index in [1.54, 1.807) is 17.2 Å². The molecule has 0 radical (unpaired) electrons. The van der Waals surface area contributed by atoms with E-state index in [9.17, 15) is 9.59 Å². The lowest BCUT2D eigenvalue weighted by atomic mass is 9.85. The second-order valence-electron chi connectivity index (χ2n) is 9.58. The van der Waals surface area contributed by atoms with Gasteiger partial charge in [-0.25, -0.2) is 0 Å². The summed E-state index contributed by atoms with van der Waals surface area (Å²) in [6.45, 7) is 4.69. The van der Waals surface area contributed by atoms with E-state index < -0.39 is 6.04 Å². The molecule has 4 heterocycles. The number of furan rings is 1. The molecule has 2 aliphatic rings. The number of carbonyl (C=O) groups excluding carboxylic acids is 2. The Bertz CT molecular complexity index is 1370. The molecule has 6 heteroatoms. The minimum atomic E-state index is -0.544. The maximum absolute atomic E-state index is 13.7. The van der Waals surface area contributed by atoms with Crippen molar-refractivity contribution in [3.05, 3.63) is 95.1 Å². The highest BCUT2D eigenvalue weighted by atomic mass is 16.3. The van der Waals surface area contributed by atoms with Gasteiger partial charge in [-0.3, -0.25) is 9.59 Å². The van der Waals surface area contributed by atoms with Gasteiger partial charge in [0.15, 0.2) is 0 Å². The van der Waals surface area contributed by atoms with Crippen LogP contribution in [0, 0.1) is 0 Å². The Morgan fingerprint density at radius 1 is 1.03 bits per heavy atom. The van der Waals surface area contributed by atoms with Crippen molar-refractivity contribution in [3.63, 3.8) is 0 Å². The average Bonchev–Trinajstić information content (AvgIpc) is 3.49. The SMILES string of the molecule is CC(C)c1ccc([C@H]2c3[nH]c4ccccc4c3C[C@H]3C(=O)N(Cc4ccco4)CC(=O)N23)cc1. The van der Waals surface area contributed by atoms with Crippen LogP contribution in [-0.2, 0) is 22.6 Å². The minimum absolute atomic E-state index is 0.0317. The molecule has 6 nitrogen and oxygen atoms in total. The third kappa shape index (κ3) is 3.24. The number of hydrogen-bond acceptors (Lipinski definition) is 3. The standard InChI is InChI=1S/C28H27N3O3/c1-17(2)18-9-11-19(12-10-18)27-26-22(21-7-3-4-8-23(21)29-26)14-24-28(33)30(16-25(32)31(24)27)15-20-6-5-13-34-20/h3-13,17,24,27,29H,14-16H2,1-2H3/t24-,27-/m0/s1. The number of aromatic amines is 1. The normalized spacial score (nSPS) is 20.2. The predicted molar refractivity (Wildman–Crippen MR) is 129 cm³/mol. The summed E-state index contributed by atoms with van der Waals surface area (Å²) in [6, 6.07) is 19.4. The van der Waals surface area contributed by atoms with Gasteiger partial charge in [-0.15, -0.1) is 0 Å². The Labute approximate surface area is 198 Å². The van der Waals surface area contributed by atoms with Crippen LogP contribution < -0.4 is 0 Å². The van der Waals surface area contributed by atoms with E-state index in [4.69, 9.17) is 4.42 Å². The van der Waals surface area contributed by atoms with Crippen LogP contribution in [-0.4, -0.2) is 39.2 Å². The number of H-pyrrole nitrogens is 1. The second-order valence-corrected chi connectivity index (χ2v) is 9.58. The van der Waals surface area contributed by atoms with E-state index in [-0.39, 0.29) is 24.4 Å². The monoisotopic (exact) mass is 453 g/mol. The first-order valence-electron chi connectivity index (χ1n) is 11.8. The highest BCUT2D eigenvalue weighted by molar-refractivity contribution is 5.97. The second kappa shape index (κ2) is 7.90. The summed E-state index contributed by atoms with van der Waals surface area (Å²) in [5.74, 6) is 1.03. The molecule has 1 saturated heterocycles. The maximum Gasteiger partial charge on any atom is 0.246 e. The van der Waals surface area contributed by atoms with E-state index in [0.29, 0.717) is 24.6 Å². The smallest absolute Gasteiger partial charge is 0.246 e. The quantitative estimate of drug-likeness (QED) is 0.484. The van der Waals surface area contributed by atoms with Crippen LogP contribution in [0.4, 0.5) is 0 Å². The number of fused-ring (bicyclic) bond motifs is 4. The lowest BCUT2D eigenvalue weighted by molar-refractivity contribution is -0.159. The summed E-state index contributed by atoms with van der Waals surface area (Å²) >= 11 is 0. The van der Waals surface area contributed by atoms with Crippen molar-refractivity contribution >= 4 is 22.7 Å². The first kappa shape index (κ1) is 20.8. The molecule has 0 unspecified atom stereocenters. The number of amides is 2. The number of nitrogens with one attached hydrogen (secondary N) is 1. The number of aromatic nitrogens is 1. The summed E-state index contributed by atoms with van der Waals surface area (Å²) in [6.07, 6.45) is 2.09. The van der Waals surface area contributed by atoms with Crippen LogP contribution in [0.2, 0.25) is 0 Å². The summed E-state index contributed by atoms with van der Waals surface area (Å²) in [5.41, 5.74) is 5.43. The molecule has 34 heavy (non-hydrogen) atoms. The Morgan fingerprint density at radius 3 is 2.56 bits per heavy atom. The average molecular weight is 454 g/mol. The zero-order valence-corrected chi connectivity index (χ0v) is 19.3. The Hall–Kier alpha value is -3.80. The summed E-state index contributed by atoms with van der Waals surface area (Å²) in [4.78, 5) is 34.3. The molecule has 2 aromatic heterocycles.